The summed E-state index contributed by atoms with van der Waals surface area (Å²) in [5, 5.41) is 0. The summed E-state index contributed by atoms with van der Waals surface area (Å²) in [6.07, 6.45) is 3.80. The fraction of sp³-hybridized carbons (Fsp3) is 0.182. The number of carbonyl (C=O) groups excluding carboxylic acids is 2. The average molecular weight is 334 g/mol. The zero-order chi connectivity index (χ0) is 18.2. The van der Waals surface area contributed by atoms with Gasteiger partial charge in [-0.1, -0.05) is 66.2 Å². The fourth-order valence-corrected chi connectivity index (χ4v) is 2.52. The summed E-state index contributed by atoms with van der Waals surface area (Å²) in [6.45, 7) is 7.07. The van der Waals surface area contributed by atoms with Gasteiger partial charge in [0.1, 0.15) is 5.76 Å². The maximum atomic E-state index is 12.9. The second-order valence-electron chi connectivity index (χ2n) is 5.86. The molecule has 0 bridgehead atoms. The molecule has 3 nitrogen and oxygen atoms in total. The summed E-state index contributed by atoms with van der Waals surface area (Å²) >= 11 is 0. The molecular formula is C22H22O3. The van der Waals surface area contributed by atoms with Crippen LogP contribution in [-0.2, 0) is 9.53 Å². The number of ketones is 1. The molecule has 0 radical (unpaired) electrons. The fourth-order valence-electron chi connectivity index (χ4n) is 2.52. The first-order valence-corrected chi connectivity index (χ1v) is 8.18. The Morgan fingerprint density at radius 2 is 1.72 bits per heavy atom. The van der Waals surface area contributed by atoms with Gasteiger partial charge in [-0.05, 0) is 25.0 Å². The van der Waals surface area contributed by atoms with Gasteiger partial charge in [-0.3, -0.25) is 9.59 Å². The molecule has 0 fully saturated rings. The number of rotatable bonds is 7. The standard InChI is InChI=1S/C22H22O3/c1-4-8-20(22(24)19-9-6-5-7-10-19)21(25-17(3)23)15-18-13-11-16(2)12-14-18/h4-7,9-15,20H,1,8H2,2-3H3/b21-15-. The van der Waals surface area contributed by atoms with Crippen molar-refractivity contribution >= 4 is 17.8 Å². The lowest BCUT2D eigenvalue weighted by Crippen LogP contribution is -2.20. The highest BCUT2D eigenvalue weighted by molar-refractivity contribution is 6.00. The highest BCUT2D eigenvalue weighted by Crippen LogP contribution is 2.25. The normalized spacial score (nSPS) is 12.3. The number of Topliss-reactive ketones (excluding diaryl/α,β-unsaturated/α-hetero) is 1. The van der Waals surface area contributed by atoms with Gasteiger partial charge in [0, 0.05) is 12.5 Å². The van der Waals surface area contributed by atoms with Crippen molar-refractivity contribution in [3.63, 3.8) is 0 Å². The Kier molecular flexibility index (Phi) is 6.47. The number of hydrogen-bond donors (Lipinski definition) is 0. The van der Waals surface area contributed by atoms with Crippen molar-refractivity contribution in [2.45, 2.75) is 20.3 Å². The maximum absolute atomic E-state index is 12.9. The van der Waals surface area contributed by atoms with E-state index in [2.05, 4.69) is 6.58 Å². The molecule has 0 N–H and O–H groups in total. The van der Waals surface area contributed by atoms with Gasteiger partial charge < -0.3 is 4.74 Å². The van der Waals surface area contributed by atoms with Crippen LogP contribution in [0, 0.1) is 12.8 Å². The Morgan fingerprint density at radius 3 is 2.28 bits per heavy atom. The molecule has 2 aromatic rings. The molecule has 3 heteroatoms. The lowest BCUT2D eigenvalue weighted by Gasteiger charge is -2.18. The van der Waals surface area contributed by atoms with Gasteiger partial charge in [0.2, 0.25) is 0 Å². The van der Waals surface area contributed by atoms with Crippen LogP contribution in [0.4, 0.5) is 0 Å². The van der Waals surface area contributed by atoms with Crippen LogP contribution in [0.25, 0.3) is 6.08 Å². The summed E-state index contributed by atoms with van der Waals surface area (Å²) < 4.78 is 5.40. The predicted molar refractivity (Wildman–Crippen MR) is 100.0 cm³/mol. The predicted octanol–water partition coefficient (Wildman–Crippen LogP) is 4.97. The van der Waals surface area contributed by atoms with Crippen LogP contribution in [0.5, 0.6) is 0 Å². The number of benzene rings is 2. The van der Waals surface area contributed by atoms with Gasteiger partial charge in [-0.15, -0.1) is 6.58 Å². The van der Waals surface area contributed by atoms with Crippen molar-refractivity contribution in [1.82, 2.24) is 0 Å². The van der Waals surface area contributed by atoms with E-state index in [1.807, 2.05) is 49.4 Å². The first-order valence-electron chi connectivity index (χ1n) is 8.18. The number of hydrogen-bond acceptors (Lipinski definition) is 3. The molecule has 0 heterocycles. The highest BCUT2D eigenvalue weighted by atomic mass is 16.5. The van der Waals surface area contributed by atoms with E-state index in [9.17, 15) is 9.59 Å². The molecule has 0 spiro atoms. The summed E-state index contributed by atoms with van der Waals surface area (Å²) in [5.41, 5.74) is 2.59. The van der Waals surface area contributed by atoms with E-state index < -0.39 is 11.9 Å². The van der Waals surface area contributed by atoms with E-state index in [-0.39, 0.29) is 5.78 Å². The molecule has 2 rings (SSSR count). The molecule has 1 atom stereocenters. The van der Waals surface area contributed by atoms with Crippen LogP contribution in [-0.4, -0.2) is 11.8 Å². The molecule has 1 unspecified atom stereocenters. The van der Waals surface area contributed by atoms with E-state index in [1.54, 1.807) is 24.3 Å². The molecule has 128 valence electrons. The van der Waals surface area contributed by atoms with E-state index >= 15 is 0 Å². The topological polar surface area (TPSA) is 43.4 Å². The number of aryl methyl sites for hydroxylation is 1. The summed E-state index contributed by atoms with van der Waals surface area (Å²) in [5.74, 6) is -0.802. The zero-order valence-electron chi connectivity index (χ0n) is 14.6. The SMILES string of the molecule is C=CCC(C(=O)c1ccccc1)/C(=C/c1ccc(C)cc1)OC(C)=O. The second-order valence-corrected chi connectivity index (χ2v) is 5.86. The van der Waals surface area contributed by atoms with Crippen LogP contribution < -0.4 is 0 Å². The van der Waals surface area contributed by atoms with Crippen molar-refractivity contribution in [1.29, 1.82) is 0 Å². The number of carbonyl (C=O) groups is 2. The van der Waals surface area contributed by atoms with Crippen molar-refractivity contribution in [3.05, 3.63) is 89.7 Å². The highest BCUT2D eigenvalue weighted by Gasteiger charge is 2.25. The molecule has 0 amide bonds. The minimum Gasteiger partial charge on any atom is -0.430 e. The average Bonchev–Trinajstić information content (AvgIpc) is 2.61. The van der Waals surface area contributed by atoms with E-state index in [0.29, 0.717) is 17.7 Å². The maximum Gasteiger partial charge on any atom is 0.307 e. The zero-order valence-corrected chi connectivity index (χ0v) is 14.6. The Hall–Kier alpha value is -2.94. The Morgan fingerprint density at radius 1 is 1.08 bits per heavy atom. The summed E-state index contributed by atoms with van der Waals surface area (Å²) in [4.78, 5) is 24.5. The third-order valence-electron chi connectivity index (χ3n) is 3.77. The van der Waals surface area contributed by atoms with Crippen LogP contribution in [0.1, 0.15) is 34.8 Å². The first-order chi connectivity index (χ1) is 12.0. The molecule has 2 aromatic carbocycles. The van der Waals surface area contributed by atoms with Crippen LogP contribution in [0.15, 0.2) is 73.0 Å². The van der Waals surface area contributed by atoms with E-state index in [4.69, 9.17) is 4.74 Å². The second kappa shape index (κ2) is 8.78. The van der Waals surface area contributed by atoms with Crippen molar-refractivity contribution in [2.75, 3.05) is 0 Å². The quantitative estimate of drug-likeness (QED) is 0.311. The largest absolute Gasteiger partial charge is 0.430 e. The summed E-state index contributed by atoms with van der Waals surface area (Å²) in [6, 6.07) is 16.8. The van der Waals surface area contributed by atoms with Crippen molar-refractivity contribution in [2.24, 2.45) is 5.92 Å². The third-order valence-corrected chi connectivity index (χ3v) is 3.77. The monoisotopic (exact) mass is 334 g/mol. The molecule has 0 aromatic heterocycles. The van der Waals surface area contributed by atoms with Gasteiger partial charge in [0.05, 0.1) is 5.92 Å². The number of esters is 1. The molecule has 0 aliphatic carbocycles. The minimum absolute atomic E-state index is 0.0971. The van der Waals surface area contributed by atoms with E-state index in [0.717, 1.165) is 11.1 Å². The van der Waals surface area contributed by atoms with Crippen molar-refractivity contribution < 1.29 is 14.3 Å². The third kappa shape index (κ3) is 5.28. The number of ether oxygens (including phenoxy) is 1. The van der Waals surface area contributed by atoms with E-state index in [1.165, 1.54) is 6.92 Å². The van der Waals surface area contributed by atoms with Crippen LogP contribution >= 0.6 is 0 Å². The molecule has 0 aliphatic heterocycles. The van der Waals surface area contributed by atoms with Gasteiger partial charge >= 0.3 is 5.97 Å². The van der Waals surface area contributed by atoms with Crippen LogP contribution in [0.3, 0.4) is 0 Å². The van der Waals surface area contributed by atoms with Crippen LogP contribution in [0.2, 0.25) is 0 Å². The Balaban J connectivity index is 2.43. The molecule has 25 heavy (non-hydrogen) atoms. The Labute approximate surface area is 148 Å². The first kappa shape index (κ1) is 18.4. The van der Waals surface area contributed by atoms with Gasteiger partial charge in [-0.25, -0.2) is 0 Å². The minimum atomic E-state index is -0.592. The molecule has 0 aliphatic rings. The lowest BCUT2D eigenvalue weighted by atomic mass is 9.91. The Bertz CT molecular complexity index is 771. The van der Waals surface area contributed by atoms with Gasteiger partial charge in [0.25, 0.3) is 0 Å². The number of allylic oxidation sites excluding steroid dienone is 2. The van der Waals surface area contributed by atoms with Gasteiger partial charge in [0.15, 0.2) is 5.78 Å². The molecule has 0 saturated carbocycles. The molecular weight excluding hydrogens is 312 g/mol. The van der Waals surface area contributed by atoms with Gasteiger partial charge in [-0.2, -0.15) is 0 Å². The van der Waals surface area contributed by atoms with Crippen molar-refractivity contribution in [3.8, 4) is 0 Å². The molecule has 0 saturated heterocycles. The summed E-state index contributed by atoms with van der Waals surface area (Å²) in [7, 11) is 0. The smallest absolute Gasteiger partial charge is 0.307 e. The lowest BCUT2D eigenvalue weighted by molar-refractivity contribution is -0.137.